The van der Waals surface area contributed by atoms with Crippen molar-refractivity contribution in [2.24, 2.45) is 5.92 Å². The van der Waals surface area contributed by atoms with Crippen LogP contribution in [0.3, 0.4) is 0 Å². The molecule has 0 aliphatic carbocycles. The quantitative estimate of drug-likeness (QED) is 0.513. The Bertz CT molecular complexity index is 1280. The SMILES string of the molecule is Cc1cc(NC(=O)C(=O)N2CC(C)CCC2c2ccc3sc(C4CCN(C)CC4)nc3c2)cnc1N. The number of rotatable bonds is 3. The molecule has 3 aromatic rings. The van der Waals surface area contributed by atoms with E-state index >= 15 is 0 Å². The zero-order valence-corrected chi connectivity index (χ0v) is 22.0. The number of amides is 2. The monoisotopic (exact) mass is 506 g/mol. The number of carbonyl (C=O) groups excluding carboxylic acids is 2. The van der Waals surface area contributed by atoms with E-state index in [2.05, 4.69) is 47.4 Å². The van der Waals surface area contributed by atoms with Crippen molar-refractivity contribution in [2.45, 2.75) is 51.5 Å². The van der Waals surface area contributed by atoms with Gasteiger partial charge < -0.3 is 20.9 Å². The summed E-state index contributed by atoms with van der Waals surface area (Å²) in [6.07, 6.45) is 5.59. The number of thiazole rings is 1. The number of aromatic nitrogens is 2. The predicted octanol–water partition coefficient (Wildman–Crippen LogP) is 4.33. The molecule has 190 valence electrons. The highest BCUT2D eigenvalue weighted by molar-refractivity contribution is 7.18. The fraction of sp³-hybridized carbons (Fsp3) is 0.481. The van der Waals surface area contributed by atoms with Gasteiger partial charge in [-0.05, 0) is 88.0 Å². The number of pyridine rings is 1. The fourth-order valence-electron chi connectivity index (χ4n) is 5.29. The van der Waals surface area contributed by atoms with Crippen LogP contribution in [-0.4, -0.2) is 58.3 Å². The van der Waals surface area contributed by atoms with Gasteiger partial charge in [0.1, 0.15) is 5.82 Å². The number of benzene rings is 1. The van der Waals surface area contributed by atoms with E-state index in [4.69, 9.17) is 10.7 Å². The maximum Gasteiger partial charge on any atom is 0.313 e. The van der Waals surface area contributed by atoms with Crippen molar-refractivity contribution in [3.8, 4) is 0 Å². The number of nitrogen functional groups attached to an aromatic ring is 1. The Morgan fingerprint density at radius 2 is 1.92 bits per heavy atom. The topological polar surface area (TPSA) is 104 Å². The summed E-state index contributed by atoms with van der Waals surface area (Å²) in [5.41, 5.74) is 9.03. The first-order valence-corrected chi connectivity index (χ1v) is 13.5. The summed E-state index contributed by atoms with van der Waals surface area (Å²) in [6, 6.07) is 7.93. The molecule has 4 heterocycles. The number of fused-ring (bicyclic) bond motifs is 1. The third-order valence-corrected chi connectivity index (χ3v) is 8.73. The van der Waals surface area contributed by atoms with Gasteiger partial charge in [-0.25, -0.2) is 9.97 Å². The Hall–Kier alpha value is -3.04. The van der Waals surface area contributed by atoms with Crippen LogP contribution in [0.5, 0.6) is 0 Å². The summed E-state index contributed by atoms with van der Waals surface area (Å²) in [5.74, 6) is 0.0784. The van der Waals surface area contributed by atoms with Crippen molar-refractivity contribution >= 4 is 44.9 Å². The Labute approximate surface area is 215 Å². The van der Waals surface area contributed by atoms with Gasteiger partial charge in [0.2, 0.25) is 0 Å². The standard InChI is InChI=1S/C27H34N6O2S/c1-16-4-6-22(33(15-16)27(35)25(34)30-20-12-17(2)24(28)29-14-20)19-5-7-23-21(13-19)31-26(36-23)18-8-10-32(3)11-9-18/h5,7,12-14,16,18,22H,4,6,8-11,15H2,1-3H3,(H2,28,29)(H,30,34). The minimum Gasteiger partial charge on any atom is -0.383 e. The lowest BCUT2D eigenvalue weighted by molar-refractivity contribution is -0.146. The van der Waals surface area contributed by atoms with Gasteiger partial charge >= 0.3 is 11.8 Å². The first-order chi connectivity index (χ1) is 17.3. The number of nitrogens with one attached hydrogen (secondary N) is 1. The molecular formula is C27H34N6O2S. The number of aryl methyl sites for hydroxylation is 1. The van der Waals surface area contributed by atoms with Crippen LogP contribution in [0.4, 0.5) is 11.5 Å². The van der Waals surface area contributed by atoms with Crippen LogP contribution < -0.4 is 11.1 Å². The van der Waals surface area contributed by atoms with Gasteiger partial charge in [0.15, 0.2) is 0 Å². The molecule has 3 N–H and O–H groups in total. The molecular weight excluding hydrogens is 472 g/mol. The van der Waals surface area contributed by atoms with Crippen LogP contribution in [0.15, 0.2) is 30.5 Å². The Kier molecular flexibility index (Phi) is 6.94. The van der Waals surface area contributed by atoms with E-state index in [0.717, 1.165) is 55.4 Å². The second kappa shape index (κ2) is 10.1. The molecule has 2 aromatic heterocycles. The highest BCUT2D eigenvalue weighted by atomic mass is 32.1. The summed E-state index contributed by atoms with van der Waals surface area (Å²) in [6.45, 7) is 6.70. The highest BCUT2D eigenvalue weighted by Gasteiger charge is 2.34. The van der Waals surface area contributed by atoms with Gasteiger partial charge in [-0.1, -0.05) is 13.0 Å². The molecule has 0 spiro atoms. The predicted molar refractivity (Wildman–Crippen MR) is 144 cm³/mol. The molecule has 2 amide bonds. The number of piperidine rings is 2. The summed E-state index contributed by atoms with van der Waals surface area (Å²) < 4.78 is 1.18. The molecule has 0 bridgehead atoms. The summed E-state index contributed by atoms with van der Waals surface area (Å²) in [7, 11) is 2.17. The average Bonchev–Trinajstić information content (AvgIpc) is 3.29. The lowest BCUT2D eigenvalue weighted by Gasteiger charge is -2.38. The van der Waals surface area contributed by atoms with Crippen molar-refractivity contribution in [1.29, 1.82) is 0 Å². The smallest absolute Gasteiger partial charge is 0.313 e. The molecule has 0 saturated carbocycles. The normalized spacial score (nSPS) is 21.6. The molecule has 2 saturated heterocycles. The molecule has 8 nitrogen and oxygen atoms in total. The van der Waals surface area contributed by atoms with Gasteiger partial charge in [0.05, 0.1) is 33.2 Å². The van der Waals surface area contributed by atoms with E-state index in [1.165, 1.54) is 15.9 Å². The third kappa shape index (κ3) is 5.08. The molecule has 5 rings (SSSR count). The molecule has 1 aromatic carbocycles. The lowest BCUT2D eigenvalue weighted by Crippen LogP contribution is -2.46. The Morgan fingerprint density at radius 1 is 1.14 bits per heavy atom. The molecule has 9 heteroatoms. The second-order valence-electron chi connectivity index (χ2n) is 10.4. The number of likely N-dealkylation sites (tertiary alicyclic amines) is 2. The minimum atomic E-state index is -0.653. The Balaban J connectivity index is 1.36. The maximum atomic E-state index is 13.3. The number of nitrogens with zero attached hydrogens (tertiary/aromatic N) is 4. The number of anilines is 2. The van der Waals surface area contributed by atoms with E-state index in [0.29, 0.717) is 29.9 Å². The highest BCUT2D eigenvalue weighted by Crippen LogP contribution is 2.38. The summed E-state index contributed by atoms with van der Waals surface area (Å²) in [4.78, 5) is 39.5. The number of nitrogens with two attached hydrogens (primary N) is 1. The first-order valence-electron chi connectivity index (χ1n) is 12.7. The van der Waals surface area contributed by atoms with Crippen molar-refractivity contribution in [2.75, 3.05) is 37.7 Å². The molecule has 2 atom stereocenters. The van der Waals surface area contributed by atoms with E-state index in [9.17, 15) is 9.59 Å². The van der Waals surface area contributed by atoms with E-state index < -0.39 is 11.8 Å². The van der Waals surface area contributed by atoms with Crippen molar-refractivity contribution < 1.29 is 9.59 Å². The van der Waals surface area contributed by atoms with E-state index in [1.807, 2.05) is 6.92 Å². The van der Waals surface area contributed by atoms with Crippen molar-refractivity contribution in [3.63, 3.8) is 0 Å². The van der Waals surface area contributed by atoms with Gasteiger partial charge in [-0.2, -0.15) is 0 Å². The number of hydrogen-bond acceptors (Lipinski definition) is 7. The van der Waals surface area contributed by atoms with E-state index in [-0.39, 0.29) is 6.04 Å². The minimum absolute atomic E-state index is 0.149. The first kappa shape index (κ1) is 24.6. The molecule has 2 aliphatic rings. The van der Waals surface area contributed by atoms with Gasteiger partial charge in [0, 0.05) is 12.5 Å². The number of hydrogen-bond donors (Lipinski definition) is 2. The lowest BCUT2D eigenvalue weighted by atomic mass is 9.89. The van der Waals surface area contributed by atoms with Crippen molar-refractivity contribution in [1.82, 2.24) is 19.8 Å². The molecule has 2 unspecified atom stereocenters. The van der Waals surface area contributed by atoms with Crippen LogP contribution in [0.2, 0.25) is 0 Å². The fourth-order valence-corrected chi connectivity index (χ4v) is 6.41. The van der Waals surface area contributed by atoms with Crippen LogP contribution in [0.1, 0.15) is 60.7 Å². The van der Waals surface area contributed by atoms with Gasteiger partial charge in [-0.15, -0.1) is 11.3 Å². The third-order valence-electron chi connectivity index (χ3n) is 7.53. The Morgan fingerprint density at radius 3 is 2.67 bits per heavy atom. The summed E-state index contributed by atoms with van der Waals surface area (Å²) >= 11 is 1.79. The zero-order valence-electron chi connectivity index (χ0n) is 21.2. The summed E-state index contributed by atoms with van der Waals surface area (Å²) in [5, 5.41) is 3.92. The van der Waals surface area contributed by atoms with Crippen molar-refractivity contribution in [3.05, 3.63) is 46.6 Å². The molecule has 0 radical (unpaired) electrons. The van der Waals surface area contributed by atoms with Crippen LogP contribution in [0.25, 0.3) is 10.2 Å². The second-order valence-corrected chi connectivity index (χ2v) is 11.5. The molecule has 36 heavy (non-hydrogen) atoms. The van der Waals surface area contributed by atoms with Gasteiger partial charge in [-0.3, -0.25) is 9.59 Å². The van der Waals surface area contributed by atoms with E-state index in [1.54, 1.807) is 22.3 Å². The average molecular weight is 507 g/mol. The number of carbonyl (C=O) groups is 2. The van der Waals surface area contributed by atoms with Crippen LogP contribution in [-0.2, 0) is 9.59 Å². The zero-order chi connectivity index (χ0) is 25.4. The largest absolute Gasteiger partial charge is 0.383 e. The molecule has 2 aliphatic heterocycles. The van der Waals surface area contributed by atoms with Crippen LogP contribution in [0, 0.1) is 12.8 Å². The molecule has 2 fully saturated rings. The van der Waals surface area contributed by atoms with Gasteiger partial charge in [0.25, 0.3) is 0 Å². The maximum absolute atomic E-state index is 13.3. The van der Waals surface area contributed by atoms with Crippen LogP contribution >= 0.6 is 11.3 Å².